The van der Waals surface area contributed by atoms with Gasteiger partial charge in [0.25, 0.3) is 5.91 Å². The van der Waals surface area contributed by atoms with E-state index in [1.165, 1.54) is 4.90 Å². The Labute approximate surface area is 163 Å². The van der Waals surface area contributed by atoms with Gasteiger partial charge in [0.2, 0.25) is 15.9 Å². The third kappa shape index (κ3) is 4.80. The second kappa shape index (κ2) is 8.30. The van der Waals surface area contributed by atoms with Gasteiger partial charge in [-0.2, -0.15) is 0 Å². The molecule has 2 aromatic rings. The highest BCUT2D eigenvalue weighted by Crippen LogP contribution is 2.31. The lowest BCUT2D eigenvalue weighted by atomic mass is 10.2. The van der Waals surface area contributed by atoms with Crippen LogP contribution in [0, 0.1) is 0 Å². The highest BCUT2D eigenvalue weighted by molar-refractivity contribution is 7.92. The van der Waals surface area contributed by atoms with Crippen LogP contribution in [-0.4, -0.2) is 39.1 Å². The van der Waals surface area contributed by atoms with Gasteiger partial charge in [-0.3, -0.25) is 19.2 Å². The van der Waals surface area contributed by atoms with Gasteiger partial charge in [0.1, 0.15) is 12.3 Å². The van der Waals surface area contributed by atoms with Gasteiger partial charge < -0.3 is 10.1 Å². The summed E-state index contributed by atoms with van der Waals surface area (Å²) in [6.45, 7) is 1.52. The van der Waals surface area contributed by atoms with Crippen molar-refractivity contribution in [2.24, 2.45) is 0 Å². The molecule has 0 radical (unpaired) electrons. The Balaban J connectivity index is 1.63. The number of sulfonamides is 1. The first-order valence-corrected chi connectivity index (χ1v) is 10.5. The summed E-state index contributed by atoms with van der Waals surface area (Å²) in [7, 11) is -3.37. The molecule has 2 N–H and O–H groups in total. The molecule has 1 heterocycles. The van der Waals surface area contributed by atoms with Gasteiger partial charge in [0, 0.05) is 11.4 Å². The van der Waals surface area contributed by atoms with E-state index < -0.39 is 10.0 Å². The van der Waals surface area contributed by atoms with Crippen molar-refractivity contribution in [3.05, 3.63) is 48.5 Å². The zero-order valence-corrected chi connectivity index (χ0v) is 16.2. The maximum absolute atomic E-state index is 12.4. The Morgan fingerprint density at radius 2 is 1.79 bits per heavy atom. The van der Waals surface area contributed by atoms with E-state index in [9.17, 15) is 18.0 Å². The molecule has 0 saturated heterocycles. The lowest BCUT2D eigenvalue weighted by Gasteiger charge is -2.28. The van der Waals surface area contributed by atoms with E-state index in [0.717, 1.165) is 0 Å². The van der Waals surface area contributed by atoms with E-state index in [1.807, 2.05) is 0 Å². The Kier molecular flexibility index (Phi) is 5.84. The van der Waals surface area contributed by atoms with Crippen LogP contribution in [0.25, 0.3) is 0 Å². The molecule has 0 spiro atoms. The molecule has 3 rings (SSSR count). The number of nitrogens with zero attached hydrogens (tertiary/aromatic N) is 1. The molecule has 0 bridgehead atoms. The number of benzene rings is 2. The van der Waals surface area contributed by atoms with E-state index in [1.54, 1.807) is 55.5 Å². The number of carbonyl (C=O) groups excluding carboxylic acids is 2. The van der Waals surface area contributed by atoms with Crippen molar-refractivity contribution in [2.75, 3.05) is 33.8 Å². The largest absolute Gasteiger partial charge is 0.482 e. The first-order valence-electron chi connectivity index (χ1n) is 8.80. The maximum atomic E-state index is 12.4. The fourth-order valence-corrected chi connectivity index (χ4v) is 3.93. The van der Waals surface area contributed by atoms with Gasteiger partial charge in [-0.1, -0.05) is 19.1 Å². The van der Waals surface area contributed by atoms with Gasteiger partial charge in [-0.05, 0) is 42.8 Å². The first-order chi connectivity index (χ1) is 13.4. The zero-order chi connectivity index (χ0) is 20.1. The molecule has 0 aromatic heterocycles. The highest BCUT2D eigenvalue weighted by atomic mass is 32.2. The number of hydrogen-bond donors (Lipinski definition) is 2. The third-order valence-corrected chi connectivity index (χ3v) is 5.52. The summed E-state index contributed by atoms with van der Waals surface area (Å²) in [6, 6.07) is 13.3. The molecule has 9 heteroatoms. The minimum absolute atomic E-state index is 0.0422. The molecule has 0 fully saturated rings. The summed E-state index contributed by atoms with van der Waals surface area (Å²) in [5, 5.41) is 2.70. The molecule has 148 valence electrons. The van der Waals surface area contributed by atoms with Crippen molar-refractivity contribution >= 4 is 38.9 Å². The standard InChI is InChI=1S/C19H21N3O5S/c1-2-11-28(25,26)21-15-9-7-14(8-10-15)20-18(23)12-22-16-5-3-4-6-17(16)27-13-19(22)24/h3-10,21H,2,11-13H2,1H3,(H,20,23). The molecule has 0 aliphatic carbocycles. The lowest BCUT2D eigenvalue weighted by molar-refractivity contribution is -0.123. The van der Waals surface area contributed by atoms with E-state index in [4.69, 9.17) is 4.74 Å². The Hall–Kier alpha value is -3.07. The topological polar surface area (TPSA) is 105 Å². The number of para-hydroxylation sites is 2. The predicted octanol–water partition coefficient (Wildman–Crippen LogP) is 2.20. The Bertz CT molecular complexity index is 973. The van der Waals surface area contributed by atoms with Crippen molar-refractivity contribution in [3.63, 3.8) is 0 Å². The second-order valence-electron chi connectivity index (χ2n) is 6.28. The predicted molar refractivity (Wildman–Crippen MR) is 107 cm³/mol. The summed E-state index contributed by atoms with van der Waals surface area (Å²) in [5.41, 5.74) is 1.47. The van der Waals surface area contributed by atoms with Crippen LogP contribution in [0.2, 0.25) is 0 Å². The fraction of sp³-hybridized carbons (Fsp3) is 0.263. The highest BCUT2D eigenvalue weighted by Gasteiger charge is 2.26. The Morgan fingerprint density at radius 3 is 2.50 bits per heavy atom. The molecule has 0 atom stereocenters. The van der Waals surface area contributed by atoms with E-state index in [0.29, 0.717) is 29.2 Å². The number of amides is 2. The van der Waals surface area contributed by atoms with Crippen molar-refractivity contribution in [2.45, 2.75) is 13.3 Å². The molecule has 1 aliphatic heterocycles. The molecule has 0 unspecified atom stereocenters. The van der Waals surface area contributed by atoms with Crippen LogP contribution in [0.3, 0.4) is 0 Å². The zero-order valence-electron chi connectivity index (χ0n) is 15.3. The van der Waals surface area contributed by atoms with Crippen LogP contribution in [-0.2, 0) is 19.6 Å². The molecular weight excluding hydrogens is 382 g/mol. The summed E-state index contributed by atoms with van der Waals surface area (Å²) in [6.07, 6.45) is 0.521. The molecule has 0 saturated carbocycles. The van der Waals surface area contributed by atoms with Gasteiger partial charge in [0.15, 0.2) is 6.61 Å². The number of nitrogens with one attached hydrogen (secondary N) is 2. The summed E-state index contributed by atoms with van der Waals surface area (Å²) >= 11 is 0. The quantitative estimate of drug-likeness (QED) is 0.737. The minimum atomic E-state index is -3.37. The average molecular weight is 403 g/mol. The van der Waals surface area contributed by atoms with Crippen molar-refractivity contribution < 1.29 is 22.7 Å². The van der Waals surface area contributed by atoms with Crippen molar-refractivity contribution in [3.8, 4) is 5.75 Å². The van der Waals surface area contributed by atoms with Gasteiger partial charge in [-0.15, -0.1) is 0 Å². The number of anilines is 3. The number of rotatable bonds is 7. The maximum Gasteiger partial charge on any atom is 0.265 e. The third-order valence-electron chi connectivity index (χ3n) is 4.02. The van der Waals surface area contributed by atoms with E-state index in [-0.39, 0.29) is 30.7 Å². The number of fused-ring (bicyclic) bond motifs is 1. The SMILES string of the molecule is CCCS(=O)(=O)Nc1ccc(NC(=O)CN2C(=O)COc3ccccc32)cc1. The van der Waals surface area contributed by atoms with Gasteiger partial charge >= 0.3 is 0 Å². The summed E-state index contributed by atoms with van der Waals surface area (Å²) in [4.78, 5) is 25.9. The fourth-order valence-electron chi connectivity index (χ4n) is 2.79. The first kappa shape index (κ1) is 19.7. The second-order valence-corrected chi connectivity index (χ2v) is 8.12. The van der Waals surface area contributed by atoms with Crippen molar-refractivity contribution in [1.29, 1.82) is 0 Å². The molecule has 2 amide bonds. The number of carbonyl (C=O) groups is 2. The molecular formula is C19H21N3O5S. The average Bonchev–Trinajstić information content (AvgIpc) is 2.65. The normalized spacial score (nSPS) is 13.5. The van der Waals surface area contributed by atoms with Crippen molar-refractivity contribution in [1.82, 2.24) is 0 Å². The monoisotopic (exact) mass is 403 g/mol. The molecule has 8 nitrogen and oxygen atoms in total. The van der Waals surface area contributed by atoms with Crippen LogP contribution in [0.1, 0.15) is 13.3 Å². The number of ether oxygens (including phenoxy) is 1. The smallest absolute Gasteiger partial charge is 0.265 e. The van der Waals surface area contributed by atoms with E-state index in [2.05, 4.69) is 10.0 Å². The molecule has 1 aliphatic rings. The van der Waals surface area contributed by atoms with Crippen LogP contribution in [0.4, 0.5) is 17.1 Å². The summed E-state index contributed by atoms with van der Waals surface area (Å²) in [5.74, 6) is -0.0712. The number of hydrogen-bond acceptors (Lipinski definition) is 5. The molecule has 28 heavy (non-hydrogen) atoms. The summed E-state index contributed by atoms with van der Waals surface area (Å²) < 4.78 is 31.4. The van der Waals surface area contributed by atoms with Crippen LogP contribution in [0.5, 0.6) is 5.75 Å². The Morgan fingerprint density at radius 1 is 1.11 bits per heavy atom. The van der Waals surface area contributed by atoms with Crippen LogP contribution < -0.4 is 19.7 Å². The molecule has 2 aromatic carbocycles. The van der Waals surface area contributed by atoms with Gasteiger partial charge in [-0.25, -0.2) is 8.42 Å². The van der Waals surface area contributed by atoms with Crippen LogP contribution >= 0.6 is 0 Å². The van der Waals surface area contributed by atoms with Crippen LogP contribution in [0.15, 0.2) is 48.5 Å². The lowest BCUT2D eigenvalue weighted by Crippen LogP contribution is -2.43. The minimum Gasteiger partial charge on any atom is -0.482 e. The van der Waals surface area contributed by atoms with E-state index >= 15 is 0 Å². The van der Waals surface area contributed by atoms with Gasteiger partial charge in [0.05, 0.1) is 11.4 Å².